The Balaban J connectivity index is 1.49. The minimum atomic E-state index is -1.38. The number of rotatable bonds is 9. The number of benzene rings is 1. The van der Waals surface area contributed by atoms with Gasteiger partial charge in [-0.25, -0.2) is 14.0 Å². The number of amides is 2. The van der Waals surface area contributed by atoms with Crippen LogP contribution in [0.3, 0.4) is 0 Å². The summed E-state index contributed by atoms with van der Waals surface area (Å²) in [5.74, 6) is -1.11. The maximum Gasteiger partial charge on any atom is 0.407 e. The number of amidine groups is 1. The van der Waals surface area contributed by atoms with Crippen molar-refractivity contribution in [3.8, 4) is 0 Å². The number of aliphatic imine (C=N–C) groups is 1. The van der Waals surface area contributed by atoms with E-state index in [4.69, 9.17) is 4.74 Å². The van der Waals surface area contributed by atoms with Gasteiger partial charge in [0.25, 0.3) is 0 Å². The zero-order chi connectivity index (χ0) is 26.8. The number of nitrogens with zero attached hydrogens (tertiary/aromatic N) is 2. The lowest BCUT2D eigenvalue weighted by Crippen LogP contribution is -2.48. The summed E-state index contributed by atoms with van der Waals surface area (Å²) < 4.78 is 19.3. The molecule has 0 saturated carbocycles. The number of nitrogens with one attached hydrogen (secondary N) is 3. The molecule has 10 nitrogen and oxygen atoms in total. The fourth-order valence-electron chi connectivity index (χ4n) is 4.35. The minimum absolute atomic E-state index is 0.106. The third-order valence-corrected chi connectivity index (χ3v) is 6.30. The average molecular weight is 520 g/mol. The van der Waals surface area contributed by atoms with Gasteiger partial charge in [-0.3, -0.25) is 9.79 Å². The van der Waals surface area contributed by atoms with Crippen molar-refractivity contribution >= 4 is 35.2 Å². The second kappa shape index (κ2) is 13.8. The number of hydrogen-bond donors (Lipinski definition) is 4. The van der Waals surface area contributed by atoms with Gasteiger partial charge in [-0.1, -0.05) is 20.3 Å². The van der Waals surface area contributed by atoms with Gasteiger partial charge >= 0.3 is 12.1 Å². The Kier molecular flexibility index (Phi) is 10.5. The predicted octanol–water partition coefficient (Wildman–Crippen LogP) is 3.52. The van der Waals surface area contributed by atoms with Crippen molar-refractivity contribution in [2.24, 2.45) is 10.9 Å². The Hall–Kier alpha value is -3.37. The molecule has 0 aliphatic carbocycles. The van der Waals surface area contributed by atoms with Crippen molar-refractivity contribution in [2.75, 3.05) is 36.5 Å². The molecule has 2 aliphatic rings. The number of carbonyl (C=O) groups is 3. The van der Waals surface area contributed by atoms with Crippen LogP contribution in [0.5, 0.6) is 0 Å². The number of anilines is 2. The average Bonchev–Trinajstić information content (AvgIpc) is 3.11. The number of carboxylic acid groups (broad SMARTS) is 1. The normalized spacial score (nSPS) is 17.4. The third kappa shape index (κ3) is 9.55. The standard InChI is InChI=1S/C26H38FN5O5/c1-17(2)16-37-26(36)31-22(25(34)35)15-24(33)30-19-7-10-32(11-8-19)21-13-18(27)12-20(14-21)29-23-6-4-3-5-9-28-23/h12-14,17,19,22H,3-11,15-16H2,1-2H3,(H,28,29)(H,30,33)(H,31,36)(H,34,35). The first-order chi connectivity index (χ1) is 17.7. The summed E-state index contributed by atoms with van der Waals surface area (Å²) in [6, 6.07) is 3.36. The molecule has 0 aromatic heterocycles. The predicted molar refractivity (Wildman–Crippen MR) is 140 cm³/mol. The minimum Gasteiger partial charge on any atom is -0.480 e. The first-order valence-electron chi connectivity index (χ1n) is 13.0. The number of alkyl carbamates (subject to hydrolysis) is 1. The first kappa shape index (κ1) is 28.2. The summed E-state index contributed by atoms with van der Waals surface area (Å²) in [5, 5.41) is 17.7. The fraction of sp³-hybridized carbons (Fsp3) is 0.615. The van der Waals surface area contributed by atoms with Crippen LogP contribution in [0.15, 0.2) is 23.2 Å². The van der Waals surface area contributed by atoms with Crippen LogP contribution in [0, 0.1) is 11.7 Å². The number of hydrogen-bond acceptors (Lipinski definition) is 7. The SMILES string of the molecule is CC(C)COC(=O)NC(CC(=O)NC1CCN(c2cc(F)cc(NC3=NCCCCC3)c2)CC1)C(=O)O. The van der Waals surface area contributed by atoms with E-state index in [0.29, 0.717) is 31.6 Å². The Morgan fingerprint density at radius 2 is 1.92 bits per heavy atom. The molecule has 0 spiro atoms. The van der Waals surface area contributed by atoms with Crippen molar-refractivity contribution in [1.29, 1.82) is 0 Å². The molecule has 204 valence electrons. The molecule has 1 atom stereocenters. The highest BCUT2D eigenvalue weighted by molar-refractivity contribution is 5.96. The van der Waals surface area contributed by atoms with Crippen LogP contribution in [0.1, 0.15) is 58.8 Å². The van der Waals surface area contributed by atoms with E-state index in [1.54, 1.807) is 0 Å². The maximum absolute atomic E-state index is 14.4. The van der Waals surface area contributed by atoms with Gasteiger partial charge in [0.1, 0.15) is 17.7 Å². The van der Waals surface area contributed by atoms with Gasteiger partial charge < -0.3 is 30.7 Å². The molecule has 2 heterocycles. The quantitative estimate of drug-likeness (QED) is 0.392. The molecule has 1 fully saturated rings. The number of ether oxygens (including phenoxy) is 1. The van der Waals surface area contributed by atoms with E-state index in [-0.39, 0.29) is 24.4 Å². The van der Waals surface area contributed by atoms with Gasteiger partial charge in [0.15, 0.2) is 0 Å². The molecular weight excluding hydrogens is 481 g/mol. The summed E-state index contributed by atoms with van der Waals surface area (Å²) in [6.45, 7) is 5.88. The number of piperidine rings is 1. The highest BCUT2D eigenvalue weighted by Gasteiger charge is 2.27. The van der Waals surface area contributed by atoms with Crippen LogP contribution in [0.25, 0.3) is 0 Å². The number of carbonyl (C=O) groups excluding carboxylic acids is 2. The zero-order valence-electron chi connectivity index (χ0n) is 21.6. The second-order valence-electron chi connectivity index (χ2n) is 10.0. The number of aliphatic carboxylic acids is 1. The summed E-state index contributed by atoms with van der Waals surface area (Å²) in [6.07, 6.45) is 4.13. The lowest BCUT2D eigenvalue weighted by molar-refractivity contribution is -0.141. The highest BCUT2D eigenvalue weighted by atomic mass is 19.1. The van der Waals surface area contributed by atoms with Crippen molar-refractivity contribution < 1.29 is 28.6 Å². The Morgan fingerprint density at radius 3 is 2.62 bits per heavy atom. The van der Waals surface area contributed by atoms with E-state index >= 15 is 0 Å². The molecule has 11 heteroatoms. The smallest absolute Gasteiger partial charge is 0.407 e. The van der Waals surface area contributed by atoms with Gasteiger partial charge in [0.2, 0.25) is 5.91 Å². The summed E-state index contributed by atoms with van der Waals surface area (Å²) in [7, 11) is 0. The lowest BCUT2D eigenvalue weighted by Gasteiger charge is -2.34. The molecule has 2 aliphatic heterocycles. The Labute approximate surface area is 217 Å². The van der Waals surface area contributed by atoms with Crippen molar-refractivity contribution in [2.45, 2.75) is 70.9 Å². The van der Waals surface area contributed by atoms with Gasteiger partial charge in [0.05, 0.1) is 13.0 Å². The summed E-state index contributed by atoms with van der Waals surface area (Å²) >= 11 is 0. The van der Waals surface area contributed by atoms with Gasteiger partial charge in [-0.2, -0.15) is 0 Å². The van der Waals surface area contributed by atoms with Crippen LogP contribution in [-0.2, 0) is 14.3 Å². The van der Waals surface area contributed by atoms with Crippen LogP contribution in [-0.4, -0.2) is 67.2 Å². The Morgan fingerprint density at radius 1 is 1.16 bits per heavy atom. The lowest BCUT2D eigenvalue weighted by atomic mass is 10.0. The number of carboxylic acids is 1. The highest BCUT2D eigenvalue weighted by Crippen LogP contribution is 2.26. The molecule has 0 radical (unpaired) electrons. The van der Waals surface area contributed by atoms with E-state index < -0.39 is 30.4 Å². The largest absolute Gasteiger partial charge is 0.480 e. The third-order valence-electron chi connectivity index (χ3n) is 6.30. The fourth-order valence-corrected chi connectivity index (χ4v) is 4.35. The molecule has 0 bridgehead atoms. The molecule has 2 amide bonds. The second-order valence-corrected chi connectivity index (χ2v) is 10.0. The molecule has 4 N–H and O–H groups in total. The summed E-state index contributed by atoms with van der Waals surface area (Å²) in [5.41, 5.74) is 1.43. The van der Waals surface area contributed by atoms with E-state index in [1.807, 2.05) is 19.9 Å². The molecule has 1 unspecified atom stereocenters. The van der Waals surface area contributed by atoms with Crippen molar-refractivity contribution in [1.82, 2.24) is 10.6 Å². The number of halogens is 1. The molecule has 3 rings (SSSR count). The van der Waals surface area contributed by atoms with Crippen LogP contribution >= 0.6 is 0 Å². The van der Waals surface area contributed by atoms with E-state index in [0.717, 1.165) is 43.8 Å². The summed E-state index contributed by atoms with van der Waals surface area (Å²) in [4.78, 5) is 42.4. The molecule has 37 heavy (non-hydrogen) atoms. The molecule has 1 saturated heterocycles. The van der Waals surface area contributed by atoms with Crippen LogP contribution < -0.4 is 20.9 Å². The van der Waals surface area contributed by atoms with Crippen molar-refractivity contribution in [3.05, 3.63) is 24.0 Å². The molecular formula is C26H38FN5O5. The van der Waals surface area contributed by atoms with Gasteiger partial charge in [-0.05, 0) is 49.8 Å². The van der Waals surface area contributed by atoms with Gasteiger partial charge in [0, 0.05) is 43.5 Å². The first-order valence-corrected chi connectivity index (χ1v) is 13.0. The van der Waals surface area contributed by atoms with E-state index in [2.05, 4.69) is 25.8 Å². The van der Waals surface area contributed by atoms with Crippen LogP contribution in [0.4, 0.5) is 20.6 Å². The van der Waals surface area contributed by atoms with Gasteiger partial charge in [-0.15, -0.1) is 0 Å². The molecule has 1 aromatic carbocycles. The van der Waals surface area contributed by atoms with Crippen LogP contribution in [0.2, 0.25) is 0 Å². The Bertz CT molecular complexity index is 978. The zero-order valence-corrected chi connectivity index (χ0v) is 21.6. The molecule has 1 aromatic rings. The van der Waals surface area contributed by atoms with E-state index in [1.165, 1.54) is 12.1 Å². The monoisotopic (exact) mass is 519 g/mol. The topological polar surface area (TPSA) is 132 Å². The maximum atomic E-state index is 14.4. The van der Waals surface area contributed by atoms with E-state index in [9.17, 15) is 23.9 Å². The van der Waals surface area contributed by atoms with Crippen molar-refractivity contribution in [3.63, 3.8) is 0 Å².